The molecule has 27 heavy (non-hydrogen) atoms. The molecule has 0 radical (unpaired) electrons. The third kappa shape index (κ3) is 3.08. The summed E-state index contributed by atoms with van der Waals surface area (Å²) in [5.74, 6) is 0.907. The Morgan fingerprint density at radius 2 is 1.81 bits per heavy atom. The Labute approximate surface area is 162 Å². The molecule has 3 aliphatic heterocycles. The van der Waals surface area contributed by atoms with Crippen molar-refractivity contribution >= 4 is 35.3 Å². The highest BCUT2D eigenvalue weighted by atomic mass is 35.5. The van der Waals surface area contributed by atoms with Gasteiger partial charge in [-0.15, -0.1) is 0 Å². The molecule has 8 nitrogen and oxygen atoms in total. The van der Waals surface area contributed by atoms with Gasteiger partial charge in [-0.25, -0.2) is 9.69 Å². The molecule has 0 saturated carbocycles. The van der Waals surface area contributed by atoms with Crippen LogP contribution in [0.15, 0.2) is 29.3 Å². The summed E-state index contributed by atoms with van der Waals surface area (Å²) in [4.78, 5) is 34.5. The first-order valence-electron chi connectivity index (χ1n) is 8.82. The quantitative estimate of drug-likeness (QED) is 0.702. The number of imide groups is 1. The van der Waals surface area contributed by atoms with Crippen LogP contribution in [0, 0.1) is 0 Å². The van der Waals surface area contributed by atoms with Gasteiger partial charge in [0.2, 0.25) is 11.9 Å². The minimum Gasteiger partial charge on any atom is -0.375 e. The number of carbonyl (C=O) groups excluding carboxylic acids is 2. The lowest BCUT2D eigenvalue weighted by Crippen LogP contribution is -2.62. The molecule has 0 N–H and O–H groups in total. The van der Waals surface area contributed by atoms with Gasteiger partial charge in [0.1, 0.15) is 0 Å². The number of likely N-dealkylation sites (N-methyl/N-ethyl adjacent to an activating group) is 2. The fourth-order valence-electron chi connectivity index (χ4n) is 3.55. The first kappa shape index (κ1) is 17.9. The number of morpholine rings is 1. The van der Waals surface area contributed by atoms with Crippen LogP contribution in [0.3, 0.4) is 0 Å². The van der Waals surface area contributed by atoms with Crippen molar-refractivity contribution in [3.05, 3.63) is 34.9 Å². The van der Waals surface area contributed by atoms with E-state index < -0.39 is 6.04 Å². The van der Waals surface area contributed by atoms with Crippen molar-refractivity contribution in [1.29, 1.82) is 0 Å². The van der Waals surface area contributed by atoms with E-state index in [1.54, 1.807) is 7.05 Å². The van der Waals surface area contributed by atoms with Gasteiger partial charge in [0, 0.05) is 19.1 Å². The summed E-state index contributed by atoms with van der Waals surface area (Å²) in [6.45, 7) is 3.09. The summed E-state index contributed by atoms with van der Waals surface area (Å²) >= 11 is 6.00. The Morgan fingerprint density at radius 1 is 1.15 bits per heavy atom. The standard InChI is InChI=1S/C18H21ClN5O3/c1-21-15-14(16(25)22(2)18(21)26)24(11-12-3-5-13(19)6-4-12)17(20-15)23-7-9-27-10-8-23/h3-6,14H,7-11H2,1-2H3/q+1. The lowest BCUT2D eigenvalue weighted by Gasteiger charge is -2.33. The molecule has 0 aromatic heterocycles. The van der Waals surface area contributed by atoms with Crippen molar-refractivity contribution in [2.24, 2.45) is 4.99 Å². The zero-order valence-electron chi connectivity index (χ0n) is 15.3. The summed E-state index contributed by atoms with van der Waals surface area (Å²) < 4.78 is 7.55. The van der Waals surface area contributed by atoms with Gasteiger partial charge >= 0.3 is 12.0 Å². The molecule has 9 heteroatoms. The molecule has 1 aromatic carbocycles. The largest absolute Gasteiger partial charge is 0.392 e. The Hall–Kier alpha value is -2.45. The van der Waals surface area contributed by atoms with Crippen LogP contribution in [0.2, 0.25) is 5.02 Å². The van der Waals surface area contributed by atoms with Crippen molar-refractivity contribution in [1.82, 2.24) is 14.7 Å². The average molecular weight is 391 g/mol. The fourth-order valence-corrected chi connectivity index (χ4v) is 3.68. The molecule has 0 aliphatic carbocycles. The van der Waals surface area contributed by atoms with E-state index in [1.807, 2.05) is 29.2 Å². The number of nitrogens with zero attached hydrogens (tertiary/aromatic N) is 5. The Morgan fingerprint density at radius 3 is 2.48 bits per heavy atom. The minimum atomic E-state index is -0.619. The van der Waals surface area contributed by atoms with Gasteiger partial charge in [-0.1, -0.05) is 28.7 Å². The second-order valence-electron chi connectivity index (χ2n) is 6.77. The van der Waals surface area contributed by atoms with Crippen LogP contribution in [0.5, 0.6) is 0 Å². The van der Waals surface area contributed by atoms with Gasteiger partial charge in [-0.3, -0.25) is 19.2 Å². The smallest absolute Gasteiger partial charge is 0.375 e. The third-order valence-corrected chi connectivity index (χ3v) is 5.32. The molecule has 4 rings (SSSR count). The first-order valence-corrected chi connectivity index (χ1v) is 9.19. The lowest BCUT2D eigenvalue weighted by atomic mass is 10.1. The molecule has 1 aromatic rings. The van der Waals surface area contributed by atoms with Gasteiger partial charge in [0.15, 0.2) is 0 Å². The molecule has 142 valence electrons. The van der Waals surface area contributed by atoms with Crippen molar-refractivity contribution in [3.8, 4) is 0 Å². The number of ether oxygens (including phenoxy) is 1. The molecular weight excluding hydrogens is 370 g/mol. The molecular formula is C18H21ClN5O3+. The molecule has 0 bridgehead atoms. The van der Waals surface area contributed by atoms with E-state index in [0.29, 0.717) is 49.7 Å². The van der Waals surface area contributed by atoms with Gasteiger partial charge in [-0.05, 0) is 17.7 Å². The molecule has 2 fully saturated rings. The van der Waals surface area contributed by atoms with Crippen LogP contribution in [-0.4, -0.2) is 89.4 Å². The normalized spacial score (nSPS) is 23.1. The molecule has 0 spiro atoms. The first-order chi connectivity index (χ1) is 13.0. The molecule has 3 aliphatic rings. The summed E-state index contributed by atoms with van der Waals surface area (Å²) in [7, 11) is 3.16. The number of aliphatic imine (C=N–C) groups is 1. The molecule has 2 saturated heterocycles. The van der Waals surface area contributed by atoms with Crippen LogP contribution in [-0.2, 0) is 16.1 Å². The van der Waals surface area contributed by atoms with Gasteiger partial charge in [-0.2, -0.15) is 0 Å². The van der Waals surface area contributed by atoms with Gasteiger partial charge in [0.25, 0.3) is 5.91 Å². The zero-order chi connectivity index (χ0) is 19.1. The predicted molar refractivity (Wildman–Crippen MR) is 100.0 cm³/mol. The number of urea groups is 1. The minimum absolute atomic E-state index is 0.269. The average Bonchev–Trinajstić information content (AvgIpc) is 3.06. The van der Waals surface area contributed by atoms with Crippen molar-refractivity contribution in [2.75, 3.05) is 40.4 Å². The van der Waals surface area contributed by atoms with Crippen LogP contribution in [0.1, 0.15) is 5.56 Å². The summed E-state index contributed by atoms with van der Waals surface area (Å²) in [6.07, 6.45) is 0. The topological polar surface area (TPSA) is 68.5 Å². The maximum atomic E-state index is 12.9. The zero-order valence-corrected chi connectivity index (χ0v) is 16.0. The Kier molecular flexibility index (Phi) is 4.61. The van der Waals surface area contributed by atoms with E-state index in [4.69, 9.17) is 21.3 Å². The van der Waals surface area contributed by atoms with Gasteiger partial charge in [0.05, 0.1) is 32.8 Å². The highest BCUT2D eigenvalue weighted by molar-refractivity contribution is 6.30. The van der Waals surface area contributed by atoms with Crippen LogP contribution in [0.4, 0.5) is 4.79 Å². The summed E-state index contributed by atoms with van der Waals surface area (Å²) in [5.41, 5.74) is 1.01. The number of rotatable bonds is 2. The highest BCUT2D eigenvalue weighted by Crippen LogP contribution is 2.25. The molecule has 1 unspecified atom stereocenters. The Bertz CT molecular complexity index is 843. The molecule has 1 atom stereocenters. The van der Waals surface area contributed by atoms with Crippen molar-refractivity contribution in [2.45, 2.75) is 12.6 Å². The number of benzene rings is 1. The number of carbonyl (C=O) groups is 2. The number of fused-ring (bicyclic) bond motifs is 1. The van der Waals surface area contributed by atoms with E-state index in [0.717, 1.165) is 10.5 Å². The van der Waals surface area contributed by atoms with E-state index in [2.05, 4.69) is 4.58 Å². The summed E-state index contributed by atoms with van der Waals surface area (Å²) in [5, 5.41) is 0.660. The van der Waals surface area contributed by atoms with E-state index >= 15 is 0 Å². The number of guanidine groups is 1. The monoisotopic (exact) mass is 390 g/mol. The SMILES string of the molecule is CN1C(=O)C2C(=NC(=[N+]3CCOCC3)N2Cc2ccc(Cl)cc2)N(C)C1=O. The van der Waals surface area contributed by atoms with Crippen LogP contribution in [0.25, 0.3) is 0 Å². The van der Waals surface area contributed by atoms with E-state index in [1.165, 1.54) is 11.9 Å². The van der Waals surface area contributed by atoms with Crippen molar-refractivity contribution < 1.29 is 18.9 Å². The highest BCUT2D eigenvalue weighted by Gasteiger charge is 2.55. The fraction of sp³-hybridized carbons (Fsp3) is 0.444. The molecule has 3 amide bonds. The maximum absolute atomic E-state index is 12.9. The van der Waals surface area contributed by atoms with Gasteiger partial charge < -0.3 is 4.74 Å². The van der Waals surface area contributed by atoms with E-state index in [-0.39, 0.29) is 11.9 Å². The maximum Gasteiger partial charge on any atom is 0.392 e. The van der Waals surface area contributed by atoms with Crippen LogP contribution < -0.4 is 0 Å². The Balaban J connectivity index is 1.76. The lowest BCUT2D eigenvalue weighted by molar-refractivity contribution is -0.554. The summed E-state index contributed by atoms with van der Waals surface area (Å²) in [6, 6.07) is 6.53. The second kappa shape index (κ2) is 6.94. The third-order valence-electron chi connectivity index (χ3n) is 5.07. The molecule has 3 heterocycles. The number of hydrogen-bond donors (Lipinski definition) is 0. The van der Waals surface area contributed by atoms with E-state index in [9.17, 15) is 9.59 Å². The number of halogens is 1. The predicted octanol–water partition coefficient (Wildman–Crippen LogP) is 0.845. The second-order valence-corrected chi connectivity index (χ2v) is 7.20. The van der Waals surface area contributed by atoms with Crippen LogP contribution >= 0.6 is 11.6 Å². The van der Waals surface area contributed by atoms with Crippen molar-refractivity contribution in [3.63, 3.8) is 0 Å². The number of hydrogen-bond acceptors (Lipinski definition) is 3. The number of amidine groups is 1. The number of amides is 3.